The van der Waals surface area contributed by atoms with Gasteiger partial charge in [0.1, 0.15) is 5.76 Å². The van der Waals surface area contributed by atoms with E-state index in [1.165, 1.54) is 0 Å². The van der Waals surface area contributed by atoms with Crippen molar-refractivity contribution in [1.82, 2.24) is 4.90 Å². The van der Waals surface area contributed by atoms with Crippen molar-refractivity contribution in [3.05, 3.63) is 44.4 Å². The second-order valence-corrected chi connectivity index (χ2v) is 5.91. The zero-order chi connectivity index (χ0) is 13.1. The van der Waals surface area contributed by atoms with Crippen molar-refractivity contribution in [2.75, 3.05) is 7.05 Å². The van der Waals surface area contributed by atoms with Gasteiger partial charge < -0.3 is 9.32 Å². The van der Waals surface area contributed by atoms with E-state index in [1.54, 1.807) is 28.6 Å². The molecule has 0 atom stereocenters. The fourth-order valence-corrected chi connectivity index (χ4v) is 3.26. The Morgan fingerprint density at radius 2 is 2.33 bits per heavy atom. The van der Waals surface area contributed by atoms with E-state index in [0.717, 1.165) is 21.5 Å². The lowest BCUT2D eigenvalue weighted by Crippen LogP contribution is -2.26. The van der Waals surface area contributed by atoms with E-state index in [1.807, 2.05) is 25.4 Å². The highest BCUT2D eigenvalue weighted by Crippen LogP contribution is 2.22. The first kappa shape index (κ1) is 13.4. The summed E-state index contributed by atoms with van der Waals surface area (Å²) in [6, 6.07) is 3.77. The number of hydrogen-bond acceptors (Lipinski definition) is 3. The Kier molecular flexibility index (Phi) is 4.24. The molecule has 3 nitrogen and oxygen atoms in total. The molecule has 0 unspecified atom stereocenters. The lowest BCUT2D eigenvalue weighted by molar-refractivity contribution is 0.0784. The monoisotopic (exact) mass is 327 g/mol. The molecule has 0 fully saturated rings. The predicted molar refractivity (Wildman–Crippen MR) is 75.9 cm³/mol. The second-order valence-electron chi connectivity index (χ2n) is 4.00. The molecule has 2 heterocycles. The Morgan fingerprint density at radius 1 is 1.56 bits per heavy atom. The van der Waals surface area contributed by atoms with E-state index in [0.29, 0.717) is 12.1 Å². The third-order valence-corrected chi connectivity index (χ3v) is 4.34. The van der Waals surface area contributed by atoms with Gasteiger partial charge in [-0.25, -0.2) is 0 Å². The number of aryl methyl sites for hydroxylation is 1. The van der Waals surface area contributed by atoms with Crippen LogP contribution in [0.1, 0.15) is 27.9 Å². The molecule has 5 heteroatoms. The van der Waals surface area contributed by atoms with Gasteiger partial charge in [-0.2, -0.15) is 0 Å². The molecule has 1 amide bonds. The van der Waals surface area contributed by atoms with Gasteiger partial charge in [0.05, 0.1) is 18.4 Å². The highest BCUT2D eigenvalue weighted by molar-refractivity contribution is 9.10. The number of hydrogen-bond donors (Lipinski definition) is 0. The minimum absolute atomic E-state index is 0.00474. The average molecular weight is 328 g/mol. The van der Waals surface area contributed by atoms with Crippen LogP contribution in [-0.4, -0.2) is 17.9 Å². The zero-order valence-electron chi connectivity index (χ0n) is 10.3. The Hall–Kier alpha value is -1.07. The molecule has 0 aromatic carbocycles. The van der Waals surface area contributed by atoms with Crippen LogP contribution in [0.4, 0.5) is 0 Å². The number of halogens is 1. The van der Waals surface area contributed by atoms with Crippen LogP contribution in [0.3, 0.4) is 0 Å². The minimum Gasteiger partial charge on any atom is -0.469 e. The fourth-order valence-electron chi connectivity index (χ4n) is 1.75. The normalized spacial score (nSPS) is 10.6. The molecule has 2 aromatic rings. The summed E-state index contributed by atoms with van der Waals surface area (Å²) in [5.41, 5.74) is 0.663. The van der Waals surface area contributed by atoms with Crippen LogP contribution in [-0.2, 0) is 13.0 Å². The number of amides is 1. The SMILES string of the molecule is CCc1occc1C(=O)N(C)Cc1cc(Br)cs1. The van der Waals surface area contributed by atoms with Gasteiger partial charge in [-0.15, -0.1) is 11.3 Å². The van der Waals surface area contributed by atoms with Gasteiger partial charge in [-0.1, -0.05) is 6.92 Å². The van der Waals surface area contributed by atoms with Crippen LogP contribution in [0.2, 0.25) is 0 Å². The summed E-state index contributed by atoms with van der Waals surface area (Å²) in [6.45, 7) is 2.59. The molecular weight excluding hydrogens is 314 g/mol. The maximum atomic E-state index is 12.3. The zero-order valence-corrected chi connectivity index (χ0v) is 12.7. The van der Waals surface area contributed by atoms with Crippen molar-refractivity contribution >= 4 is 33.2 Å². The van der Waals surface area contributed by atoms with Gasteiger partial charge in [-0.3, -0.25) is 4.79 Å². The first-order valence-corrected chi connectivity index (χ1v) is 7.33. The second kappa shape index (κ2) is 5.71. The summed E-state index contributed by atoms with van der Waals surface area (Å²) in [4.78, 5) is 15.1. The van der Waals surface area contributed by atoms with Gasteiger partial charge in [0.2, 0.25) is 0 Å². The van der Waals surface area contributed by atoms with Crippen molar-refractivity contribution in [3.63, 3.8) is 0 Å². The molecule has 0 aliphatic carbocycles. The van der Waals surface area contributed by atoms with E-state index in [9.17, 15) is 4.79 Å². The summed E-state index contributed by atoms with van der Waals surface area (Å²) < 4.78 is 6.34. The molecule has 0 spiro atoms. The van der Waals surface area contributed by atoms with Crippen molar-refractivity contribution < 1.29 is 9.21 Å². The van der Waals surface area contributed by atoms with E-state index in [4.69, 9.17) is 4.42 Å². The minimum atomic E-state index is 0.00474. The Morgan fingerprint density at radius 3 is 2.94 bits per heavy atom. The molecule has 0 aliphatic rings. The summed E-state index contributed by atoms with van der Waals surface area (Å²) in [5, 5.41) is 2.02. The Labute approximate surface area is 119 Å². The van der Waals surface area contributed by atoms with Crippen molar-refractivity contribution in [2.24, 2.45) is 0 Å². The first-order chi connectivity index (χ1) is 8.61. The van der Waals surface area contributed by atoms with Crippen LogP contribution >= 0.6 is 27.3 Å². The third kappa shape index (κ3) is 2.84. The van der Waals surface area contributed by atoms with Gasteiger partial charge >= 0.3 is 0 Å². The first-order valence-electron chi connectivity index (χ1n) is 5.66. The van der Waals surface area contributed by atoms with E-state index in [-0.39, 0.29) is 5.91 Å². The maximum Gasteiger partial charge on any atom is 0.257 e. The van der Waals surface area contributed by atoms with Crippen molar-refractivity contribution in [3.8, 4) is 0 Å². The number of carbonyl (C=O) groups excluding carboxylic acids is 1. The van der Waals surface area contributed by atoms with Gasteiger partial charge in [-0.05, 0) is 28.1 Å². The van der Waals surface area contributed by atoms with Crippen LogP contribution < -0.4 is 0 Å². The Bertz CT molecular complexity index is 547. The number of nitrogens with zero attached hydrogens (tertiary/aromatic N) is 1. The number of thiophene rings is 1. The molecular formula is C13H14BrNO2S. The van der Waals surface area contributed by atoms with Crippen LogP contribution in [0.5, 0.6) is 0 Å². The fraction of sp³-hybridized carbons (Fsp3) is 0.308. The molecule has 0 radical (unpaired) electrons. The quantitative estimate of drug-likeness (QED) is 0.852. The summed E-state index contributed by atoms with van der Waals surface area (Å²) >= 11 is 5.05. The van der Waals surface area contributed by atoms with Gasteiger partial charge in [0.25, 0.3) is 5.91 Å². The summed E-state index contributed by atoms with van der Waals surface area (Å²) in [5.74, 6) is 0.754. The third-order valence-electron chi connectivity index (χ3n) is 2.66. The number of rotatable bonds is 4. The Balaban J connectivity index is 2.09. The highest BCUT2D eigenvalue weighted by atomic mass is 79.9. The maximum absolute atomic E-state index is 12.3. The largest absolute Gasteiger partial charge is 0.469 e. The summed E-state index contributed by atoms with van der Waals surface area (Å²) in [7, 11) is 1.81. The van der Waals surface area contributed by atoms with Crippen LogP contribution in [0.25, 0.3) is 0 Å². The van der Waals surface area contributed by atoms with E-state index >= 15 is 0 Å². The summed E-state index contributed by atoms with van der Waals surface area (Å²) in [6.07, 6.45) is 2.30. The smallest absolute Gasteiger partial charge is 0.257 e. The molecule has 0 saturated heterocycles. The number of carbonyl (C=O) groups is 1. The van der Waals surface area contributed by atoms with Crippen LogP contribution in [0, 0.1) is 0 Å². The molecule has 0 saturated carbocycles. The lowest BCUT2D eigenvalue weighted by Gasteiger charge is -2.15. The van der Waals surface area contributed by atoms with Gasteiger partial charge in [0, 0.05) is 28.2 Å². The standard InChI is InChI=1S/C13H14BrNO2S/c1-3-12-11(4-5-17-12)13(16)15(2)7-10-6-9(14)8-18-10/h4-6,8H,3,7H2,1-2H3. The molecule has 18 heavy (non-hydrogen) atoms. The van der Waals surface area contributed by atoms with Gasteiger partial charge in [0.15, 0.2) is 0 Å². The highest BCUT2D eigenvalue weighted by Gasteiger charge is 2.17. The average Bonchev–Trinajstić information content (AvgIpc) is 2.96. The molecule has 0 bridgehead atoms. The predicted octanol–water partition coefficient (Wildman–Crippen LogP) is 3.94. The van der Waals surface area contributed by atoms with E-state index < -0.39 is 0 Å². The van der Waals surface area contributed by atoms with Crippen molar-refractivity contribution in [1.29, 1.82) is 0 Å². The molecule has 2 rings (SSSR count). The lowest BCUT2D eigenvalue weighted by atomic mass is 10.2. The van der Waals surface area contributed by atoms with E-state index in [2.05, 4.69) is 15.9 Å². The topological polar surface area (TPSA) is 33.5 Å². The molecule has 0 N–H and O–H groups in total. The molecule has 96 valence electrons. The number of furan rings is 1. The van der Waals surface area contributed by atoms with Crippen LogP contribution in [0.15, 0.2) is 32.7 Å². The molecule has 2 aromatic heterocycles. The molecule has 0 aliphatic heterocycles. The van der Waals surface area contributed by atoms with Crippen molar-refractivity contribution in [2.45, 2.75) is 19.9 Å².